The average molecular weight is 233 g/mol. The van der Waals surface area contributed by atoms with Gasteiger partial charge in [0, 0.05) is 24.8 Å². The van der Waals surface area contributed by atoms with E-state index in [1.165, 1.54) is 19.3 Å². The molecule has 0 amide bonds. The van der Waals surface area contributed by atoms with Crippen molar-refractivity contribution >= 4 is 5.69 Å². The molecule has 17 heavy (non-hydrogen) atoms. The first-order chi connectivity index (χ1) is 8.20. The van der Waals surface area contributed by atoms with Gasteiger partial charge < -0.3 is 10.0 Å². The van der Waals surface area contributed by atoms with E-state index in [9.17, 15) is 5.11 Å². The standard InChI is InChI=1S/C15H23NO/c1-3-5-13-8-9-16(11-12(13)2)14-6-4-7-15(17)10-14/h4,6-7,10,12-13,17H,3,5,8-9,11H2,1-2H3. The van der Waals surface area contributed by atoms with Gasteiger partial charge in [-0.25, -0.2) is 0 Å². The second kappa shape index (κ2) is 5.44. The minimum absolute atomic E-state index is 0.367. The smallest absolute Gasteiger partial charge is 0.117 e. The van der Waals surface area contributed by atoms with Crippen LogP contribution in [0.15, 0.2) is 24.3 Å². The minimum atomic E-state index is 0.367. The quantitative estimate of drug-likeness (QED) is 0.861. The van der Waals surface area contributed by atoms with Gasteiger partial charge in [-0.2, -0.15) is 0 Å². The molecule has 2 heteroatoms. The molecule has 2 rings (SSSR count). The highest BCUT2D eigenvalue weighted by Gasteiger charge is 2.25. The lowest BCUT2D eigenvalue weighted by atomic mass is 9.83. The van der Waals surface area contributed by atoms with Crippen molar-refractivity contribution in [2.24, 2.45) is 11.8 Å². The zero-order valence-electron chi connectivity index (χ0n) is 10.9. The maximum Gasteiger partial charge on any atom is 0.117 e. The summed E-state index contributed by atoms with van der Waals surface area (Å²) in [5.74, 6) is 2.01. The zero-order valence-corrected chi connectivity index (χ0v) is 10.9. The van der Waals surface area contributed by atoms with Crippen molar-refractivity contribution in [3.63, 3.8) is 0 Å². The van der Waals surface area contributed by atoms with E-state index in [2.05, 4.69) is 24.8 Å². The van der Waals surface area contributed by atoms with Crippen LogP contribution in [0.3, 0.4) is 0 Å². The fraction of sp³-hybridized carbons (Fsp3) is 0.600. The molecule has 2 nitrogen and oxygen atoms in total. The summed E-state index contributed by atoms with van der Waals surface area (Å²) in [6, 6.07) is 7.61. The van der Waals surface area contributed by atoms with Crippen molar-refractivity contribution in [1.82, 2.24) is 0 Å². The molecule has 0 aromatic heterocycles. The Hall–Kier alpha value is -1.18. The lowest BCUT2D eigenvalue weighted by Gasteiger charge is -2.38. The first-order valence-electron chi connectivity index (χ1n) is 6.74. The number of hydrogen-bond acceptors (Lipinski definition) is 2. The highest BCUT2D eigenvalue weighted by atomic mass is 16.3. The van der Waals surface area contributed by atoms with Crippen LogP contribution in [0.5, 0.6) is 5.75 Å². The summed E-state index contributed by atoms with van der Waals surface area (Å²) in [5, 5.41) is 9.52. The summed E-state index contributed by atoms with van der Waals surface area (Å²) >= 11 is 0. The van der Waals surface area contributed by atoms with Crippen molar-refractivity contribution < 1.29 is 5.11 Å². The van der Waals surface area contributed by atoms with E-state index in [4.69, 9.17) is 0 Å². The zero-order chi connectivity index (χ0) is 12.3. The average Bonchev–Trinajstić information content (AvgIpc) is 2.32. The Labute approximate surface area is 104 Å². The van der Waals surface area contributed by atoms with Gasteiger partial charge >= 0.3 is 0 Å². The third-order valence-electron chi connectivity index (χ3n) is 3.94. The van der Waals surface area contributed by atoms with Crippen LogP contribution in [0.4, 0.5) is 5.69 Å². The van der Waals surface area contributed by atoms with Crippen LogP contribution in [0.1, 0.15) is 33.1 Å². The lowest BCUT2D eigenvalue weighted by Crippen LogP contribution is -2.39. The third-order valence-corrected chi connectivity index (χ3v) is 3.94. The SMILES string of the molecule is CCCC1CCN(c2cccc(O)c2)CC1C. The molecule has 1 aromatic carbocycles. The molecule has 1 N–H and O–H groups in total. The highest BCUT2D eigenvalue weighted by molar-refractivity contribution is 5.50. The van der Waals surface area contributed by atoms with E-state index >= 15 is 0 Å². The minimum Gasteiger partial charge on any atom is -0.508 e. The molecule has 2 atom stereocenters. The molecule has 0 aliphatic carbocycles. The van der Waals surface area contributed by atoms with Gasteiger partial charge in [-0.3, -0.25) is 0 Å². The topological polar surface area (TPSA) is 23.5 Å². The van der Waals surface area contributed by atoms with Crippen LogP contribution >= 0.6 is 0 Å². The van der Waals surface area contributed by atoms with Gasteiger partial charge in [-0.1, -0.05) is 32.8 Å². The second-order valence-corrected chi connectivity index (χ2v) is 5.28. The van der Waals surface area contributed by atoms with E-state index in [0.717, 1.165) is 30.6 Å². The summed E-state index contributed by atoms with van der Waals surface area (Å²) in [7, 11) is 0. The van der Waals surface area contributed by atoms with Crippen LogP contribution in [-0.4, -0.2) is 18.2 Å². The van der Waals surface area contributed by atoms with Gasteiger partial charge in [0.15, 0.2) is 0 Å². The Kier molecular flexibility index (Phi) is 3.93. The van der Waals surface area contributed by atoms with Crippen LogP contribution < -0.4 is 4.90 Å². The summed E-state index contributed by atoms with van der Waals surface area (Å²) < 4.78 is 0. The molecule has 0 radical (unpaired) electrons. The fourth-order valence-electron chi connectivity index (χ4n) is 2.92. The predicted molar refractivity (Wildman–Crippen MR) is 72.5 cm³/mol. The molecular formula is C15H23NO. The molecule has 1 saturated heterocycles. The van der Waals surface area contributed by atoms with E-state index in [1.54, 1.807) is 6.07 Å². The van der Waals surface area contributed by atoms with Gasteiger partial charge in [0.1, 0.15) is 5.75 Å². The molecule has 1 fully saturated rings. The Balaban J connectivity index is 2.01. The summed E-state index contributed by atoms with van der Waals surface area (Å²) in [5.41, 5.74) is 1.16. The number of hydrogen-bond donors (Lipinski definition) is 1. The van der Waals surface area contributed by atoms with E-state index in [-0.39, 0.29) is 0 Å². The van der Waals surface area contributed by atoms with Gasteiger partial charge in [-0.05, 0) is 30.4 Å². The van der Waals surface area contributed by atoms with Gasteiger partial charge in [0.2, 0.25) is 0 Å². The molecular weight excluding hydrogens is 210 g/mol. The van der Waals surface area contributed by atoms with Gasteiger partial charge in [0.25, 0.3) is 0 Å². The molecule has 1 heterocycles. The molecule has 2 unspecified atom stereocenters. The molecule has 1 aliphatic rings. The Morgan fingerprint density at radius 1 is 1.41 bits per heavy atom. The molecule has 0 saturated carbocycles. The molecule has 1 aliphatic heterocycles. The first kappa shape index (κ1) is 12.3. The molecule has 0 bridgehead atoms. The Morgan fingerprint density at radius 3 is 2.88 bits per heavy atom. The number of piperidine rings is 1. The van der Waals surface area contributed by atoms with Crippen molar-refractivity contribution in [3.05, 3.63) is 24.3 Å². The third kappa shape index (κ3) is 2.93. The van der Waals surface area contributed by atoms with Crippen molar-refractivity contribution in [2.75, 3.05) is 18.0 Å². The van der Waals surface area contributed by atoms with Crippen molar-refractivity contribution in [1.29, 1.82) is 0 Å². The largest absolute Gasteiger partial charge is 0.508 e. The fourth-order valence-corrected chi connectivity index (χ4v) is 2.92. The van der Waals surface area contributed by atoms with Crippen LogP contribution in [0.25, 0.3) is 0 Å². The maximum absolute atomic E-state index is 9.52. The molecule has 0 spiro atoms. The molecule has 94 valence electrons. The predicted octanol–water partition coefficient (Wildman–Crippen LogP) is 3.65. The number of nitrogens with zero attached hydrogens (tertiary/aromatic N) is 1. The Bertz CT molecular complexity index is 364. The summed E-state index contributed by atoms with van der Waals surface area (Å²) in [6.45, 7) is 6.87. The van der Waals surface area contributed by atoms with Crippen LogP contribution in [-0.2, 0) is 0 Å². The number of rotatable bonds is 3. The van der Waals surface area contributed by atoms with Crippen molar-refractivity contribution in [3.8, 4) is 5.75 Å². The summed E-state index contributed by atoms with van der Waals surface area (Å²) in [6.07, 6.45) is 3.93. The summed E-state index contributed by atoms with van der Waals surface area (Å²) in [4.78, 5) is 2.40. The number of aromatic hydroxyl groups is 1. The number of anilines is 1. The highest BCUT2D eigenvalue weighted by Crippen LogP contribution is 2.31. The number of phenols is 1. The van der Waals surface area contributed by atoms with Crippen LogP contribution in [0, 0.1) is 11.8 Å². The monoisotopic (exact) mass is 233 g/mol. The lowest BCUT2D eigenvalue weighted by molar-refractivity contribution is 0.280. The molecule has 1 aromatic rings. The van der Waals surface area contributed by atoms with Crippen LogP contribution in [0.2, 0.25) is 0 Å². The van der Waals surface area contributed by atoms with E-state index in [0.29, 0.717) is 5.75 Å². The normalized spacial score (nSPS) is 24.9. The van der Waals surface area contributed by atoms with Gasteiger partial charge in [0.05, 0.1) is 0 Å². The van der Waals surface area contributed by atoms with Gasteiger partial charge in [-0.15, -0.1) is 0 Å². The first-order valence-corrected chi connectivity index (χ1v) is 6.74. The Morgan fingerprint density at radius 2 is 2.24 bits per heavy atom. The van der Waals surface area contributed by atoms with E-state index in [1.807, 2.05) is 12.1 Å². The van der Waals surface area contributed by atoms with E-state index < -0.39 is 0 Å². The number of phenolic OH excluding ortho intramolecular Hbond substituents is 1. The number of benzene rings is 1. The van der Waals surface area contributed by atoms with Crippen molar-refractivity contribution in [2.45, 2.75) is 33.1 Å². The second-order valence-electron chi connectivity index (χ2n) is 5.28. The maximum atomic E-state index is 9.52.